The Bertz CT molecular complexity index is 771. The number of allylic oxidation sites excluding steroid dienone is 5. The third-order valence-corrected chi connectivity index (χ3v) is 5.54. The highest BCUT2D eigenvalue weighted by Gasteiger charge is 2.26. The smallest absolute Gasteiger partial charge is 0.376 e. The van der Waals surface area contributed by atoms with Crippen molar-refractivity contribution in [1.29, 1.82) is 0 Å². The van der Waals surface area contributed by atoms with Crippen LogP contribution in [0.3, 0.4) is 0 Å². The van der Waals surface area contributed by atoms with Gasteiger partial charge in [-0.2, -0.15) is 0 Å². The predicted molar refractivity (Wildman–Crippen MR) is 120 cm³/mol. The van der Waals surface area contributed by atoms with Crippen molar-refractivity contribution in [2.75, 3.05) is 6.61 Å². The van der Waals surface area contributed by atoms with Gasteiger partial charge in [0.15, 0.2) is 0 Å². The van der Waals surface area contributed by atoms with Crippen LogP contribution >= 0.6 is 0 Å². The zero-order valence-corrected chi connectivity index (χ0v) is 18.8. The van der Waals surface area contributed by atoms with Gasteiger partial charge in [0, 0.05) is 18.0 Å². The summed E-state index contributed by atoms with van der Waals surface area (Å²) in [6, 6.07) is 0. The van der Waals surface area contributed by atoms with Gasteiger partial charge in [-0.3, -0.25) is 0 Å². The Labute approximate surface area is 176 Å². The molecule has 1 aliphatic rings. The van der Waals surface area contributed by atoms with E-state index in [1.165, 1.54) is 30.4 Å². The van der Waals surface area contributed by atoms with E-state index in [1.54, 1.807) is 12.4 Å². The number of hydrogen-bond donors (Lipinski definition) is 0. The summed E-state index contributed by atoms with van der Waals surface area (Å²) in [7, 11) is 0. The molecule has 0 aromatic carbocycles. The predicted octanol–water partition coefficient (Wildman–Crippen LogP) is 6.70. The number of nitrogens with zero attached hydrogens (tertiary/aromatic N) is 2. The van der Waals surface area contributed by atoms with Gasteiger partial charge in [0.2, 0.25) is 5.82 Å². The molecule has 1 aromatic heterocycles. The molecular formula is C25H36N2O2. The zero-order valence-electron chi connectivity index (χ0n) is 18.8. The fourth-order valence-electron chi connectivity index (χ4n) is 3.81. The fourth-order valence-corrected chi connectivity index (χ4v) is 3.81. The number of ether oxygens (including phenoxy) is 1. The first-order valence-corrected chi connectivity index (χ1v) is 10.9. The highest BCUT2D eigenvalue weighted by Crippen LogP contribution is 2.40. The number of carbonyl (C=O) groups excluding carboxylic acids is 1. The van der Waals surface area contributed by atoms with E-state index in [0.717, 1.165) is 36.8 Å². The van der Waals surface area contributed by atoms with Gasteiger partial charge in [-0.25, -0.2) is 14.8 Å². The van der Waals surface area contributed by atoms with Gasteiger partial charge in [-0.15, -0.1) is 0 Å². The third-order valence-electron chi connectivity index (χ3n) is 5.54. The number of carbonyl (C=O) groups is 1. The minimum Gasteiger partial charge on any atom is -0.460 e. The summed E-state index contributed by atoms with van der Waals surface area (Å²) < 4.78 is 5.24. The van der Waals surface area contributed by atoms with Crippen LogP contribution in [0, 0.1) is 5.41 Å². The zero-order chi connectivity index (χ0) is 21.3. The quantitative estimate of drug-likeness (QED) is 0.265. The molecule has 0 aliphatic heterocycles. The second-order valence-corrected chi connectivity index (χ2v) is 8.69. The number of hydrogen-bond acceptors (Lipinski definition) is 4. The number of esters is 1. The molecule has 0 unspecified atom stereocenters. The molecule has 0 spiro atoms. The van der Waals surface area contributed by atoms with E-state index in [2.05, 4.69) is 56.7 Å². The fraction of sp³-hybridized carbons (Fsp3) is 0.560. The van der Waals surface area contributed by atoms with Gasteiger partial charge in [-0.1, -0.05) is 63.3 Å². The van der Waals surface area contributed by atoms with Crippen molar-refractivity contribution in [3.8, 4) is 0 Å². The molecule has 1 heterocycles. The molecule has 4 heteroatoms. The largest absolute Gasteiger partial charge is 0.460 e. The minimum atomic E-state index is -0.449. The Morgan fingerprint density at radius 3 is 2.59 bits per heavy atom. The van der Waals surface area contributed by atoms with E-state index < -0.39 is 5.97 Å². The standard InChI is InChI=1S/C25H36N2O2/c1-6-7-8-9-15-29-24(28)23-26-17-21(18-27-23)16-19(2)12-13-22-20(3)11-10-14-25(22,4)5/h12-13,16-18H,6-11,14-15H2,1-5H3/b13-12+,19-16+. The summed E-state index contributed by atoms with van der Waals surface area (Å²) in [5.74, 6) is -0.328. The second kappa shape index (κ2) is 11.1. The lowest BCUT2D eigenvalue weighted by atomic mass is 9.72. The first kappa shape index (κ1) is 23.1. The van der Waals surface area contributed by atoms with Crippen LogP contribution in [0.25, 0.3) is 6.08 Å². The Kier molecular flexibility index (Phi) is 8.81. The van der Waals surface area contributed by atoms with Crippen LogP contribution < -0.4 is 0 Å². The summed E-state index contributed by atoms with van der Waals surface area (Å²) in [5.41, 5.74) is 5.18. The van der Waals surface area contributed by atoms with Crippen LogP contribution in [0.1, 0.15) is 95.7 Å². The summed E-state index contributed by atoms with van der Waals surface area (Å²) in [6.45, 7) is 11.5. The molecule has 0 amide bonds. The first-order chi connectivity index (χ1) is 13.8. The number of aromatic nitrogens is 2. The molecule has 2 rings (SSSR count). The van der Waals surface area contributed by atoms with E-state index >= 15 is 0 Å². The monoisotopic (exact) mass is 396 g/mol. The van der Waals surface area contributed by atoms with Gasteiger partial charge in [0.05, 0.1) is 6.61 Å². The lowest BCUT2D eigenvalue weighted by molar-refractivity contribution is 0.0483. The third kappa shape index (κ3) is 7.26. The molecule has 0 radical (unpaired) electrons. The molecular weight excluding hydrogens is 360 g/mol. The van der Waals surface area contributed by atoms with Crippen LogP contribution in [-0.4, -0.2) is 22.5 Å². The summed E-state index contributed by atoms with van der Waals surface area (Å²) in [6.07, 6.45) is 17.8. The molecule has 0 N–H and O–H groups in total. The summed E-state index contributed by atoms with van der Waals surface area (Å²) in [5, 5.41) is 0. The Balaban J connectivity index is 1.95. The van der Waals surface area contributed by atoms with Crippen LogP contribution in [0.2, 0.25) is 0 Å². The van der Waals surface area contributed by atoms with E-state index in [-0.39, 0.29) is 11.2 Å². The van der Waals surface area contributed by atoms with Crippen LogP contribution in [0.4, 0.5) is 0 Å². The topological polar surface area (TPSA) is 52.1 Å². The molecule has 1 aromatic rings. The highest BCUT2D eigenvalue weighted by molar-refractivity contribution is 5.85. The molecule has 0 fully saturated rings. The maximum atomic E-state index is 12.0. The van der Waals surface area contributed by atoms with Gasteiger partial charge < -0.3 is 4.74 Å². The molecule has 158 valence electrons. The Hall–Kier alpha value is -2.23. The maximum absolute atomic E-state index is 12.0. The number of unbranched alkanes of at least 4 members (excludes halogenated alkanes) is 3. The lowest BCUT2D eigenvalue weighted by Crippen LogP contribution is -2.19. The molecule has 0 bridgehead atoms. The van der Waals surface area contributed by atoms with Crippen molar-refractivity contribution in [1.82, 2.24) is 9.97 Å². The van der Waals surface area contributed by atoms with Crippen molar-refractivity contribution >= 4 is 12.0 Å². The molecule has 29 heavy (non-hydrogen) atoms. The Morgan fingerprint density at radius 2 is 1.93 bits per heavy atom. The van der Waals surface area contributed by atoms with E-state index in [0.29, 0.717) is 6.61 Å². The van der Waals surface area contributed by atoms with Gasteiger partial charge in [0.25, 0.3) is 0 Å². The lowest BCUT2D eigenvalue weighted by Gasteiger charge is -2.32. The van der Waals surface area contributed by atoms with Crippen molar-refractivity contribution in [3.63, 3.8) is 0 Å². The van der Waals surface area contributed by atoms with Crippen molar-refractivity contribution in [2.24, 2.45) is 5.41 Å². The van der Waals surface area contributed by atoms with Crippen LogP contribution in [0.5, 0.6) is 0 Å². The number of rotatable bonds is 9. The minimum absolute atomic E-state index is 0.121. The Morgan fingerprint density at radius 1 is 1.21 bits per heavy atom. The highest BCUT2D eigenvalue weighted by atomic mass is 16.5. The van der Waals surface area contributed by atoms with E-state index in [9.17, 15) is 4.79 Å². The van der Waals surface area contributed by atoms with Gasteiger partial charge in [-0.05, 0) is 56.6 Å². The summed E-state index contributed by atoms with van der Waals surface area (Å²) >= 11 is 0. The molecule has 1 aliphatic carbocycles. The van der Waals surface area contributed by atoms with Crippen LogP contribution in [0.15, 0.2) is 41.3 Å². The van der Waals surface area contributed by atoms with Gasteiger partial charge in [0.1, 0.15) is 0 Å². The molecule has 4 nitrogen and oxygen atoms in total. The molecule has 0 saturated carbocycles. The molecule has 0 atom stereocenters. The van der Waals surface area contributed by atoms with Crippen molar-refractivity contribution in [3.05, 3.63) is 52.7 Å². The first-order valence-electron chi connectivity index (χ1n) is 10.9. The normalized spacial score (nSPS) is 17.1. The van der Waals surface area contributed by atoms with Crippen LogP contribution in [-0.2, 0) is 4.74 Å². The second-order valence-electron chi connectivity index (χ2n) is 8.69. The SMILES string of the molecule is CCCCCCOC(=O)c1ncc(/C=C(C)/C=C/C2=C(C)CCCC2(C)C)cn1. The average molecular weight is 397 g/mol. The van der Waals surface area contributed by atoms with Crippen molar-refractivity contribution < 1.29 is 9.53 Å². The summed E-state index contributed by atoms with van der Waals surface area (Å²) in [4.78, 5) is 20.3. The average Bonchev–Trinajstić information content (AvgIpc) is 2.67. The molecule has 0 saturated heterocycles. The van der Waals surface area contributed by atoms with Gasteiger partial charge >= 0.3 is 5.97 Å². The van der Waals surface area contributed by atoms with Crippen molar-refractivity contribution in [2.45, 2.75) is 79.6 Å². The van der Waals surface area contributed by atoms with E-state index in [1.807, 2.05) is 6.08 Å². The maximum Gasteiger partial charge on any atom is 0.376 e. The van der Waals surface area contributed by atoms with E-state index in [4.69, 9.17) is 4.74 Å².